The van der Waals surface area contributed by atoms with Crippen LogP contribution in [0.15, 0.2) is 18.3 Å². The van der Waals surface area contributed by atoms with E-state index in [1.54, 1.807) is 4.68 Å². The van der Waals surface area contributed by atoms with Gasteiger partial charge in [-0.25, -0.2) is 4.68 Å². The summed E-state index contributed by atoms with van der Waals surface area (Å²) in [4.78, 5) is 12.3. The van der Waals surface area contributed by atoms with Crippen LogP contribution in [-0.2, 0) is 32.0 Å². The number of carbonyl (C=O) groups excluding carboxylic acids is 1. The van der Waals surface area contributed by atoms with Crippen molar-refractivity contribution >= 4 is 5.97 Å². The van der Waals surface area contributed by atoms with E-state index in [0.29, 0.717) is 39.2 Å². The van der Waals surface area contributed by atoms with Gasteiger partial charge in [0.15, 0.2) is 0 Å². The first-order valence-corrected chi connectivity index (χ1v) is 8.04. The minimum atomic E-state index is -0.519. The molecule has 0 radical (unpaired) electrons. The van der Waals surface area contributed by atoms with Crippen LogP contribution in [0.25, 0.3) is 0 Å². The Morgan fingerprint density at radius 1 is 1.48 bits per heavy atom. The number of rotatable bonds is 5. The standard InChI is InChI=1S/C16H23N3O4/c1-21-15(20)16(5-3-2-4-6-16)9-13-10-19(18-17-13)11-14-12-22-7-8-23-14/h2-3,10,14H,4-9,11-12H2,1H3/t14-,16?/m0/s1. The Labute approximate surface area is 135 Å². The molecule has 2 aliphatic rings. The molecule has 0 spiro atoms. The number of hydrogen-bond donors (Lipinski definition) is 0. The molecular formula is C16H23N3O4. The Hall–Kier alpha value is -1.73. The summed E-state index contributed by atoms with van der Waals surface area (Å²) in [5.41, 5.74) is 0.289. The molecule has 7 heteroatoms. The van der Waals surface area contributed by atoms with Crippen LogP contribution in [0.3, 0.4) is 0 Å². The Bertz CT molecular complexity index is 565. The molecule has 0 bridgehead atoms. The molecular weight excluding hydrogens is 298 g/mol. The minimum Gasteiger partial charge on any atom is -0.469 e. The second kappa shape index (κ2) is 7.23. The second-order valence-corrected chi connectivity index (χ2v) is 6.16. The van der Waals surface area contributed by atoms with Gasteiger partial charge in [0.1, 0.15) is 6.10 Å². The summed E-state index contributed by atoms with van der Waals surface area (Å²) in [5.74, 6) is -0.166. The van der Waals surface area contributed by atoms with Crippen molar-refractivity contribution in [1.29, 1.82) is 0 Å². The van der Waals surface area contributed by atoms with Gasteiger partial charge in [-0.2, -0.15) is 0 Å². The molecule has 1 aliphatic heterocycles. The molecule has 1 saturated heterocycles. The van der Waals surface area contributed by atoms with Gasteiger partial charge in [0.2, 0.25) is 0 Å². The van der Waals surface area contributed by atoms with Crippen molar-refractivity contribution in [3.05, 3.63) is 24.0 Å². The summed E-state index contributed by atoms with van der Waals surface area (Å²) in [7, 11) is 1.44. The van der Waals surface area contributed by atoms with Crippen LogP contribution in [0.2, 0.25) is 0 Å². The quantitative estimate of drug-likeness (QED) is 0.598. The number of aromatic nitrogens is 3. The summed E-state index contributed by atoms with van der Waals surface area (Å²) in [5, 5.41) is 8.38. The maximum Gasteiger partial charge on any atom is 0.312 e. The lowest BCUT2D eigenvalue weighted by molar-refractivity contribution is -0.153. The van der Waals surface area contributed by atoms with Crippen LogP contribution in [0.5, 0.6) is 0 Å². The molecule has 2 heterocycles. The average Bonchev–Trinajstić information content (AvgIpc) is 3.02. The lowest BCUT2D eigenvalue weighted by Gasteiger charge is -2.31. The van der Waals surface area contributed by atoms with Crippen LogP contribution in [0.4, 0.5) is 0 Å². The highest BCUT2D eigenvalue weighted by Gasteiger charge is 2.40. The highest BCUT2D eigenvalue weighted by Crippen LogP contribution is 2.37. The summed E-state index contributed by atoms with van der Waals surface area (Å²) in [6.07, 6.45) is 8.96. The van der Waals surface area contributed by atoms with Gasteiger partial charge in [-0.3, -0.25) is 4.79 Å². The normalized spacial score (nSPS) is 27.8. The molecule has 1 unspecified atom stereocenters. The largest absolute Gasteiger partial charge is 0.469 e. The fourth-order valence-electron chi connectivity index (χ4n) is 3.23. The number of hydrogen-bond acceptors (Lipinski definition) is 6. The van der Waals surface area contributed by atoms with Gasteiger partial charge in [-0.05, 0) is 19.3 Å². The first-order valence-electron chi connectivity index (χ1n) is 8.04. The minimum absolute atomic E-state index is 0.00508. The molecule has 126 valence electrons. The highest BCUT2D eigenvalue weighted by atomic mass is 16.6. The van der Waals surface area contributed by atoms with Crippen LogP contribution in [0.1, 0.15) is 25.0 Å². The van der Waals surface area contributed by atoms with Gasteiger partial charge in [-0.1, -0.05) is 17.4 Å². The van der Waals surface area contributed by atoms with Gasteiger partial charge >= 0.3 is 5.97 Å². The van der Waals surface area contributed by atoms with Crippen molar-refractivity contribution in [2.75, 3.05) is 26.9 Å². The molecule has 23 heavy (non-hydrogen) atoms. The van der Waals surface area contributed by atoms with Gasteiger partial charge in [-0.15, -0.1) is 5.10 Å². The average molecular weight is 321 g/mol. The molecule has 1 aromatic rings. The van der Waals surface area contributed by atoms with Crippen molar-refractivity contribution in [3.63, 3.8) is 0 Å². The van der Waals surface area contributed by atoms with Crippen molar-refractivity contribution in [1.82, 2.24) is 15.0 Å². The third-order valence-corrected chi connectivity index (χ3v) is 4.46. The van der Waals surface area contributed by atoms with Gasteiger partial charge in [0, 0.05) is 12.6 Å². The van der Waals surface area contributed by atoms with E-state index in [0.717, 1.165) is 18.5 Å². The number of methoxy groups -OCH3 is 1. The Balaban J connectivity index is 1.66. The van der Waals surface area contributed by atoms with Gasteiger partial charge in [0.25, 0.3) is 0 Å². The predicted octanol–water partition coefficient (Wildman–Crippen LogP) is 1.14. The lowest BCUT2D eigenvalue weighted by atomic mass is 9.74. The van der Waals surface area contributed by atoms with Gasteiger partial charge < -0.3 is 14.2 Å². The van der Waals surface area contributed by atoms with E-state index in [9.17, 15) is 4.79 Å². The third-order valence-electron chi connectivity index (χ3n) is 4.46. The van der Waals surface area contributed by atoms with Crippen LogP contribution in [-0.4, -0.2) is 54.0 Å². The van der Waals surface area contributed by atoms with E-state index in [1.165, 1.54) is 7.11 Å². The number of allylic oxidation sites excluding steroid dienone is 2. The van der Waals surface area contributed by atoms with Crippen LogP contribution in [0, 0.1) is 5.41 Å². The maximum atomic E-state index is 12.3. The highest BCUT2D eigenvalue weighted by molar-refractivity contribution is 5.77. The van der Waals surface area contributed by atoms with Crippen molar-refractivity contribution in [3.8, 4) is 0 Å². The smallest absolute Gasteiger partial charge is 0.312 e. The molecule has 1 aliphatic carbocycles. The maximum absolute atomic E-state index is 12.3. The molecule has 1 fully saturated rings. The van der Waals surface area contributed by atoms with Crippen molar-refractivity contribution in [2.24, 2.45) is 5.41 Å². The SMILES string of the molecule is COC(=O)C1(Cc2cn(C[C@H]3COCCO3)nn2)CC=CCC1. The summed E-state index contributed by atoms with van der Waals surface area (Å²) in [6, 6.07) is 0. The molecule has 0 aromatic carbocycles. The second-order valence-electron chi connectivity index (χ2n) is 6.16. The lowest BCUT2D eigenvalue weighted by Crippen LogP contribution is -2.35. The summed E-state index contributed by atoms with van der Waals surface area (Å²) >= 11 is 0. The number of nitrogens with zero attached hydrogens (tertiary/aromatic N) is 3. The first kappa shape index (κ1) is 16.1. The van der Waals surface area contributed by atoms with E-state index < -0.39 is 5.41 Å². The van der Waals surface area contributed by atoms with Crippen LogP contribution >= 0.6 is 0 Å². The predicted molar refractivity (Wildman–Crippen MR) is 81.7 cm³/mol. The molecule has 7 nitrogen and oxygen atoms in total. The Morgan fingerprint density at radius 3 is 3.09 bits per heavy atom. The third kappa shape index (κ3) is 3.79. The fourth-order valence-corrected chi connectivity index (χ4v) is 3.23. The molecule has 2 atom stereocenters. The summed E-state index contributed by atoms with van der Waals surface area (Å²) < 4.78 is 17.8. The van der Waals surface area contributed by atoms with E-state index in [1.807, 2.05) is 6.20 Å². The van der Waals surface area contributed by atoms with Crippen molar-refractivity contribution in [2.45, 2.75) is 38.3 Å². The topological polar surface area (TPSA) is 75.5 Å². The first-order chi connectivity index (χ1) is 11.2. The molecule has 3 rings (SSSR count). The van der Waals surface area contributed by atoms with Crippen molar-refractivity contribution < 1.29 is 19.0 Å². The molecule has 0 N–H and O–H groups in total. The molecule has 1 aromatic heterocycles. The molecule has 0 saturated carbocycles. The van der Waals surface area contributed by atoms with E-state index in [2.05, 4.69) is 22.5 Å². The zero-order valence-electron chi connectivity index (χ0n) is 13.4. The van der Waals surface area contributed by atoms with E-state index >= 15 is 0 Å². The number of carbonyl (C=O) groups is 1. The fraction of sp³-hybridized carbons (Fsp3) is 0.688. The Morgan fingerprint density at radius 2 is 2.39 bits per heavy atom. The molecule has 0 amide bonds. The van der Waals surface area contributed by atoms with Gasteiger partial charge in [0.05, 0.1) is 44.6 Å². The Kier molecular flexibility index (Phi) is 5.07. The zero-order chi connectivity index (χ0) is 16.1. The zero-order valence-corrected chi connectivity index (χ0v) is 13.4. The summed E-state index contributed by atoms with van der Waals surface area (Å²) in [6.45, 7) is 2.45. The monoisotopic (exact) mass is 321 g/mol. The van der Waals surface area contributed by atoms with Crippen LogP contribution < -0.4 is 0 Å². The van der Waals surface area contributed by atoms with E-state index in [-0.39, 0.29) is 12.1 Å². The van der Waals surface area contributed by atoms with E-state index in [4.69, 9.17) is 14.2 Å². The number of esters is 1. The number of ether oxygens (including phenoxy) is 3.